The lowest BCUT2D eigenvalue weighted by molar-refractivity contribution is 0.00578. The number of aryl methyl sites for hydroxylation is 1. The summed E-state index contributed by atoms with van der Waals surface area (Å²) >= 11 is 0. The summed E-state index contributed by atoms with van der Waals surface area (Å²) < 4.78 is 42.8. The molecule has 1 N–H and O–H groups in total. The monoisotopic (exact) mass is 493 g/mol. The lowest BCUT2D eigenvalue weighted by Crippen LogP contribution is -2.41. The van der Waals surface area contributed by atoms with Crippen LogP contribution in [0.4, 0.5) is 5.69 Å². The van der Waals surface area contributed by atoms with Gasteiger partial charge in [-0.2, -0.15) is 5.10 Å². The van der Waals surface area contributed by atoms with Gasteiger partial charge in [-0.25, -0.2) is 13.4 Å². The predicted molar refractivity (Wildman–Crippen MR) is 137 cm³/mol. The fourth-order valence-electron chi connectivity index (χ4n) is 4.13. The van der Waals surface area contributed by atoms with Gasteiger partial charge in [0.2, 0.25) is 10.0 Å². The van der Waals surface area contributed by atoms with Gasteiger partial charge in [0, 0.05) is 36.3 Å². The molecule has 3 aromatic heterocycles. The van der Waals surface area contributed by atoms with E-state index in [1.54, 1.807) is 23.0 Å². The van der Waals surface area contributed by atoms with Crippen molar-refractivity contribution in [3.63, 3.8) is 0 Å². The highest BCUT2D eigenvalue weighted by Gasteiger charge is 2.51. The minimum absolute atomic E-state index is 0.427. The number of nitrogens with one attached hydrogen (secondary N) is 1. The van der Waals surface area contributed by atoms with Crippen LogP contribution in [0.2, 0.25) is 0 Å². The van der Waals surface area contributed by atoms with Crippen molar-refractivity contribution < 1.29 is 17.7 Å². The lowest BCUT2D eigenvalue weighted by atomic mass is 9.78. The molecule has 1 fully saturated rings. The maximum absolute atomic E-state index is 12.0. The van der Waals surface area contributed by atoms with E-state index >= 15 is 0 Å². The summed E-state index contributed by atoms with van der Waals surface area (Å²) in [5.41, 5.74) is 4.47. The van der Waals surface area contributed by atoms with E-state index in [1.807, 2.05) is 75.9 Å². The second-order valence-corrected chi connectivity index (χ2v) is 11.7. The van der Waals surface area contributed by atoms with Crippen LogP contribution in [0, 0.1) is 0 Å². The van der Waals surface area contributed by atoms with Crippen LogP contribution in [0.3, 0.4) is 0 Å². The number of fused-ring (bicyclic) bond motifs is 1. The first-order valence-corrected chi connectivity index (χ1v) is 13.2. The Morgan fingerprint density at radius 2 is 1.69 bits per heavy atom. The van der Waals surface area contributed by atoms with Crippen molar-refractivity contribution in [2.24, 2.45) is 7.05 Å². The topological polar surface area (TPSA) is 99.8 Å². The highest BCUT2D eigenvalue weighted by atomic mass is 32.2. The van der Waals surface area contributed by atoms with Crippen LogP contribution in [0.15, 0.2) is 55.1 Å². The summed E-state index contributed by atoms with van der Waals surface area (Å²) in [6.45, 7) is 7.93. The molecule has 0 radical (unpaired) electrons. The Kier molecular flexibility index (Phi) is 5.35. The number of aromatic nitrogens is 4. The summed E-state index contributed by atoms with van der Waals surface area (Å²) in [5.74, 6) is 0. The quantitative estimate of drug-likeness (QED) is 0.429. The highest BCUT2D eigenvalue weighted by molar-refractivity contribution is 7.92. The second kappa shape index (κ2) is 7.94. The molecule has 4 aromatic rings. The first kappa shape index (κ1) is 23.6. The standard InChI is InChI=1S/C24H28BN5O4S/c1-23(2)24(3,4)34-25(33-23)19-9-17(10-20(12-19)28-35(6,31)32)21-14-26-22-11-16(7-8-30(21)22)18-13-27-29(5)15-18/h7-15,28H,1-6H3. The highest BCUT2D eigenvalue weighted by Crippen LogP contribution is 2.37. The van der Waals surface area contributed by atoms with Crippen LogP contribution < -0.4 is 10.2 Å². The zero-order chi connectivity index (χ0) is 25.2. The third kappa shape index (κ3) is 4.46. The molecule has 0 aliphatic carbocycles. The Bertz CT molecular complexity index is 1520. The third-order valence-corrected chi connectivity index (χ3v) is 7.24. The molecular formula is C24H28BN5O4S. The molecule has 0 spiro atoms. The van der Waals surface area contributed by atoms with Gasteiger partial charge >= 0.3 is 7.12 Å². The van der Waals surface area contributed by atoms with Crippen molar-refractivity contribution >= 4 is 33.9 Å². The Morgan fingerprint density at radius 3 is 2.31 bits per heavy atom. The molecule has 11 heteroatoms. The van der Waals surface area contributed by atoms with E-state index < -0.39 is 28.3 Å². The lowest BCUT2D eigenvalue weighted by Gasteiger charge is -2.32. The maximum atomic E-state index is 12.0. The van der Waals surface area contributed by atoms with Crippen LogP contribution in [-0.2, 0) is 26.4 Å². The molecule has 0 bridgehead atoms. The van der Waals surface area contributed by atoms with Crippen molar-refractivity contribution in [3.8, 4) is 22.4 Å². The molecule has 0 atom stereocenters. The molecule has 1 aliphatic rings. The zero-order valence-electron chi connectivity index (χ0n) is 20.6. The van der Waals surface area contributed by atoms with Gasteiger partial charge in [-0.1, -0.05) is 6.07 Å². The van der Waals surface area contributed by atoms with E-state index in [1.165, 1.54) is 0 Å². The third-order valence-electron chi connectivity index (χ3n) is 6.63. The van der Waals surface area contributed by atoms with E-state index in [9.17, 15) is 8.42 Å². The smallest absolute Gasteiger partial charge is 0.399 e. The molecule has 4 heterocycles. The van der Waals surface area contributed by atoms with E-state index in [4.69, 9.17) is 9.31 Å². The van der Waals surface area contributed by atoms with Crippen molar-refractivity contribution in [2.45, 2.75) is 38.9 Å². The Labute approximate surface area is 205 Å². The molecule has 0 unspecified atom stereocenters. The van der Waals surface area contributed by atoms with Crippen molar-refractivity contribution in [1.29, 1.82) is 0 Å². The average Bonchev–Trinajstić information content (AvgIpc) is 3.42. The average molecular weight is 493 g/mol. The number of benzene rings is 1. The predicted octanol–water partition coefficient (Wildman–Crippen LogP) is 3.07. The molecule has 1 aliphatic heterocycles. The van der Waals surface area contributed by atoms with Gasteiger partial charge in [0.25, 0.3) is 0 Å². The number of hydrogen-bond acceptors (Lipinski definition) is 6. The summed E-state index contributed by atoms with van der Waals surface area (Å²) in [6, 6.07) is 9.48. The Balaban J connectivity index is 1.59. The maximum Gasteiger partial charge on any atom is 0.494 e. The molecule has 35 heavy (non-hydrogen) atoms. The Morgan fingerprint density at radius 1 is 0.971 bits per heavy atom. The number of rotatable bonds is 5. The SMILES string of the molecule is Cn1cc(-c2ccn3c(-c4cc(NS(C)(=O)=O)cc(B5OC(C)(C)C(C)(C)O5)c4)cnc3c2)cn1. The summed E-state index contributed by atoms with van der Waals surface area (Å²) in [4.78, 5) is 4.60. The van der Waals surface area contributed by atoms with E-state index in [0.29, 0.717) is 11.2 Å². The van der Waals surface area contributed by atoms with Gasteiger partial charge < -0.3 is 9.31 Å². The van der Waals surface area contributed by atoms with Crippen molar-refractivity contribution in [1.82, 2.24) is 19.2 Å². The molecule has 0 saturated carbocycles. The normalized spacial score (nSPS) is 17.3. The largest absolute Gasteiger partial charge is 0.494 e. The fourth-order valence-corrected chi connectivity index (χ4v) is 4.68. The van der Waals surface area contributed by atoms with E-state index in [2.05, 4.69) is 14.8 Å². The van der Waals surface area contributed by atoms with Gasteiger partial charge in [0.1, 0.15) is 5.65 Å². The van der Waals surface area contributed by atoms with Gasteiger partial charge in [-0.05, 0) is 63.0 Å². The molecule has 182 valence electrons. The van der Waals surface area contributed by atoms with Gasteiger partial charge in [-0.15, -0.1) is 0 Å². The van der Waals surface area contributed by atoms with Crippen molar-refractivity contribution in [2.75, 3.05) is 11.0 Å². The first-order valence-electron chi connectivity index (χ1n) is 11.3. The van der Waals surface area contributed by atoms with Crippen LogP contribution in [0.5, 0.6) is 0 Å². The molecule has 5 rings (SSSR count). The van der Waals surface area contributed by atoms with Crippen LogP contribution in [-0.4, -0.2) is 52.2 Å². The summed E-state index contributed by atoms with van der Waals surface area (Å²) in [7, 11) is -2.25. The summed E-state index contributed by atoms with van der Waals surface area (Å²) in [6.07, 6.45) is 8.61. The first-order chi connectivity index (χ1) is 16.3. The zero-order valence-corrected chi connectivity index (χ0v) is 21.4. The summed E-state index contributed by atoms with van der Waals surface area (Å²) in [5, 5.41) is 4.24. The number of nitrogens with zero attached hydrogens (tertiary/aromatic N) is 4. The number of hydrogen-bond donors (Lipinski definition) is 1. The minimum atomic E-state index is -3.49. The van der Waals surface area contributed by atoms with Gasteiger partial charge in [0.15, 0.2) is 0 Å². The van der Waals surface area contributed by atoms with Crippen LogP contribution in [0.25, 0.3) is 28.0 Å². The molecular weight excluding hydrogens is 465 g/mol. The Hall–Kier alpha value is -3.15. The molecule has 0 amide bonds. The van der Waals surface area contributed by atoms with E-state index in [0.717, 1.165) is 34.3 Å². The van der Waals surface area contributed by atoms with Crippen LogP contribution >= 0.6 is 0 Å². The van der Waals surface area contributed by atoms with E-state index in [-0.39, 0.29) is 0 Å². The second-order valence-electron chi connectivity index (χ2n) is 10.00. The fraction of sp³-hybridized carbons (Fsp3) is 0.333. The van der Waals surface area contributed by atoms with Crippen molar-refractivity contribution in [3.05, 3.63) is 55.1 Å². The number of imidazole rings is 1. The molecule has 1 saturated heterocycles. The minimum Gasteiger partial charge on any atom is -0.399 e. The number of sulfonamides is 1. The van der Waals surface area contributed by atoms with Crippen LogP contribution in [0.1, 0.15) is 27.7 Å². The van der Waals surface area contributed by atoms with Gasteiger partial charge in [0.05, 0.1) is 35.5 Å². The van der Waals surface area contributed by atoms with Gasteiger partial charge in [-0.3, -0.25) is 13.8 Å². The number of anilines is 1. The molecule has 1 aromatic carbocycles. The number of pyridine rings is 1. The molecule has 9 nitrogen and oxygen atoms in total.